The third-order valence-corrected chi connectivity index (χ3v) is 6.50. The van der Waals surface area contributed by atoms with E-state index in [0.29, 0.717) is 16.2 Å². The van der Waals surface area contributed by atoms with Crippen molar-refractivity contribution in [2.75, 3.05) is 13.6 Å². The van der Waals surface area contributed by atoms with Crippen LogP contribution in [0.15, 0.2) is 53.4 Å². The number of carbonyl (C=O) groups is 1. The topological polar surface area (TPSA) is 77.9 Å². The first kappa shape index (κ1) is 19.4. The van der Waals surface area contributed by atoms with E-state index in [1.165, 1.54) is 31.3 Å². The Kier molecular flexibility index (Phi) is 5.27. The van der Waals surface area contributed by atoms with Crippen molar-refractivity contribution < 1.29 is 27.2 Å². The van der Waals surface area contributed by atoms with Crippen molar-refractivity contribution in [3.63, 3.8) is 0 Å². The summed E-state index contributed by atoms with van der Waals surface area (Å²) in [5.41, 5.74) is 1.27. The highest BCUT2D eigenvalue weighted by molar-refractivity contribution is 7.89. The number of rotatable bonds is 5. The first-order valence-corrected chi connectivity index (χ1v) is 9.62. The van der Waals surface area contributed by atoms with Gasteiger partial charge in [-0.3, -0.25) is 10.0 Å². The molecule has 2 aromatic rings. The van der Waals surface area contributed by atoms with Gasteiger partial charge in [0.1, 0.15) is 6.04 Å². The molecule has 9 heteroatoms. The smallest absolute Gasteiger partial charge is 0.264 e. The molecule has 3 rings (SSSR count). The van der Waals surface area contributed by atoms with Gasteiger partial charge in [-0.25, -0.2) is 22.3 Å². The molecule has 27 heavy (non-hydrogen) atoms. The highest BCUT2D eigenvalue weighted by Crippen LogP contribution is 2.27. The van der Waals surface area contributed by atoms with Gasteiger partial charge in [-0.1, -0.05) is 36.4 Å². The normalized spacial score (nSPS) is 17.9. The fourth-order valence-electron chi connectivity index (χ4n) is 2.96. The van der Waals surface area contributed by atoms with Gasteiger partial charge in [0, 0.05) is 12.6 Å². The van der Waals surface area contributed by atoms with E-state index >= 15 is 0 Å². The molecular formula is C18H18F2N2O4S. The Morgan fingerprint density at radius 2 is 1.59 bits per heavy atom. The summed E-state index contributed by atoms with van der Waals surface area (Å²) in [6.45, 7) is 0.0803. The lowest BCUT2D eigenvalue weighted by atomic mass is 10.0. The number of alkyl halides is 2. The van der Waals surface area contributed by atoms with E-state index in [-0.39, 0.29) is 23.4 Å². The maximum atomic E-state index is 12.7. The van der Waals surface area contributed by atoms with Gasteiger partial charge in [0.15, 0.2) is 0 Å². The van der Waals surface area contributed by atoms with Crippen LogP contribution < -0.4 is 0 Å². The first-order chi connectivity index (χ1) is 12.7. The zero-order chi connectivity index (χ0) is 19.8. The summed E-state index contributed by atoms with van der Waals surface area (Å²) in [6, 6.07) is 10.8. The number of hydroxylamine groups is 2. The average Bonchev–Trinajstić information content (AvgIpc) is 3.00. The monoisotopic (exact) mass is 396 g/mol. The van der Waals surface area contributed by atoms with Gasteiger partial charge in [0.2, 0.25) is 10.0 Å². The van der Waals surface area contributed by atoms with Gasteiger partial charge in [0.25, 0.3) is 12.3 Å². The van der Waals surface area contributed by atoms with E-state index in [9.17, 15) is 27.2 Å². The van der Waals surface area contributed by atoms with Gasteiger partial charge in [-0.15, -0.1) is 0 Å². The molecule has 1 saturated heterocycles. The minimum absolute atomic E-state index is 0.00198. The Morgan fingerprint density at radius 1 is 1.07 bits per heavy atom. The highest BCUT2D eigenvalue weighted by Gasteiger charge is 2.39. The molecule has 0 spiro atoms. The largest absolute Gasteiger partial charge is 0.286 e. The number of hydrogen-bond acceptors (Lipinski definition) is 4. The second kappa shape index (κ2) is 7.34. The van der Waals surface area contributed by atoms with Crippen LogP contribution in [0.1, 0.15) is 18.4 Å². The van der Waals surface area contributed by atoms with Crippen LogP contribution in [-0.2, 0) is 14.8 Å². The highest BCUT2D eigenvalue weighted by atomic mass is 32.2. The number of amides is 1. The fourth-order valence-corrected chi connectivity index (χ4v) is 4.30. The second-order valence-corrected chi connectivity index (χ2v) is 8.23. The molecule has 1 amide bonds. The van der Waals surface area contributed by atoms with Crippen LogP contribution in [0.3, 0.4) is 0 Å². The minimum atomic E-state index is -3.92. The molecule has 1 heterocycles. The Hall–Kier alpha value is -2.36. The summed E-state index contributed by atoms with van der Waals surface area (Å²) in [7, 11) is -2.62. The van der Waals surface area contributed by atoms with E-state index in [4.69, 9.17) is 0 Å². The standard InChI is InChI=1S/C18H18F2N2O4S/c1-21(16-10-11-22(24)18(16)23)27(25,26)15-8-6-13(7-9-15)12-2-4-14(5-3-12)17(19)20/h2-9,16-17,24H,10-11H2,1H3. The molecule has 1 aliphatic heterocycles. The van der Waals surface area contributed by atoms with Crippen molar-refractivity contribution in [3.8, 4) is 11.1 Å². The predicted molar refractivity (Wildman–Crippen MR) is 93.7 cm³/mol. The molecule has 2 aromatic carbocycles. The number of halogens is 2. The molecule has 1 fully saturated rings. The molecule has 1 aliphatic rings. The minimum Gasteiger partial charge on any atom is -0.286 e. The van der Waals surface area contributed by atoms with E-state index in [0.717, 1.165) is 4.31 Å². The van der Waals surface area contributed by atoms with Crippen LogP contribution in [0.25, 0.3) is 11.1 Å². The predicted octanol–water partition coefficient (Wildman–Crippen LogP) is 2.90. The number of nitrogens with zero attached hydrogens (tertiary/aromatic N) is 2. The summed E-state index contributed by atoms with van der Waals surface area (Å²) in [4.78, 5) is 11.9. The number of hydrogen-bond donors (Lipinski definition) is 1. The molecule has 0 radical (unpaired) electrons. The van der Waals surface area contributed by atoms with Gasteiger partial charge in [-0.05, 0) is 29.7 Å². The second-order valence-electron chi connectivity index (χ2n) is 6.23. The van der Waals surface area contributed by atoms with Gasteiger partial charge in [-0.2, -0.15) is 4.31 Å². The fraction of sp³-hybridized carbons (Fsp3) is 0.278. The SMILES string of the molecule is CN(C1CCN(O)C1=O)S(=O)(=O)c1ccc(-c2ccc(C(F)F)cc2)cc1. The maximum absolute atomic E-state index is 12.7. The number of sulfonamides is 1. The molecule has 6 nitrogen and oxygen atoms in total. The van der Waals surface area contributed by atoms with Crippen molar-refractivity contribution in [3.05, 3.63) is 54.1 Å². The van der Waals surface area contributed by atoms with Crippen LogP contribution in [-0.4, -0.2) is 48.5 Å². The molecule has 1 atom stereocenters. The molecule has 1 unspecified atom stereocenters. The van der Waals surface area contributed by atoms with Crippen LogP contribution in [0.4, 0.5) is 8.78 Å². The summed E-state index contributed by atoms with van der Waals surface area (Å²) >= 11 is 0. The van der Waals surface area contributed by atoms with Crippen LogP contribution in [0.2, 0.25) is 0 Å². The Balaban J connectivity index is 1.82. The van der Waals surface area contributed by atoms with Crippen LogP contribution in [0, 0.1) is 0 Å². The molecule has 0 saturated carbocycles. The lowest BCUT2D eigenvalue weighted by Gasteiger charge is -2.22. The maximum Gasteiger partial charge on any atom is 0.264 e. The molecule has 0 aliphatic carbocycles. The molecule has 144 valence electrons. The summed E-state index contributed by atoms with van der Waals surface area (Å²) < 4.78 is 51.7. The quantitative estimate of drug-likeness (QED) is 0.789. The lowest BCUT2D eigenvalue weighted by Crippen LogP contribution is -2.42. The first-order valence-electron chi connectivity index (χ1n) is 8.18. The van der Waals surface area contributed by atoms with E-state index < -0.39 is 28.4 Å². The molecule has 1 N–H and O–H groups in total. The third-order valence-electron chi connectivity index (χ3n) is 4.62. The third kappa shape index (κ3) is 3.71. The average molecular weight is 396 g/mol. The molecule has 0 bridgehead atoms. The van der Waals surface area contributed by atoms with Crippen molar-refractivity contribution in [1.29, 1.82) is 0 Å². The van der Waals surface area contributed by atoms with Gasteiger partial charge < -0.3 is 0 Å². The van der Waals surface area contributed by atoms with E-state index in [1.807, 2.05) is 0 Å². The Labute approximate surface area is 155 Å². The Morgan fingerprint density at radius 3 is 2.04 bits per heavy atom. The summed E-state index contributed by atoms with van der Waals surface area (Å²) in [6.07, 6.45) is -2.34. The van der Waals surface area contributed by atoms with Gasteiger partial charge in [0.05, 0.1) is 11.4 Å². The zero-order valence-electron chi connectivity index (χ0n) is 14.4. The molecular weight excluding hydrogens is 378 g/mol. The van der Waals surface area contributed by atoms with Crippen LogP contribution in [0.5, 0.6) is 0 Å². The van der Waals surface area contributed by atoms with Crippen molar-refractivity contribution in [1.82, 2.24) is 9.37 Å². The van der Waals surface area contributed by atoms with Crippen molar-refractivity contribution in [2.45, 2.75) is 23.8 Å². The Bertz CT molecular complexity index is 931. The van der Waals surface area contributed by atoms with Crippen LogP contribution >= 0.6 is 0 Å². The van der Waals surface area contributed by atoms with Crippen molar-refractivity contribution in [2.24, 2.45) is 0 Å². The van der Waals surface area contributed by atoms with Gasteiger partial charge >= 0.3 is 0 Å². The van der Waals surface area contributed by atoms with E-state index in [2.05, 4.69) is 0 Å². The lowest BCUT2D eigenvalue weighted by molar-refractivity contribution is -0.159. The number of carbonyl (C=O) groups excluding carboxylic acids is 1. The van der Waals surface area contributed by atoms with Crippen molar-refractivity contribution >= 4 is 15.9 Å². The van der Waals surface area contributed by atoms with E-state index in [1.54, 1.807) is 24.3 Å². The molecule has 0 aromatic heterocycles. The summed E-state index contributed by atoms with van der Waals surface area (Å²) in [5, 5.41) is 9.90. The zero-order valence-corrected chi connectivity index (χ0v) is 15.2. The number of likely N-dealkylation sites (N-methyl/N-ethyl adjacent to an activating group) is 1. The summed E-state index contributed by atoms with van der Waals surface area (Å²) in [5.74, 6) is -0.656. The number of benzene rings is 2.